The minimum atomic E-state index is -0.248. The number of piperidine rings is 1. The van der Waals surface area contributed by atoms with E-state index in [4.69, 9.17) is 4.42 Å². The molecular formula is C27H29FN4O2. The Morgan fingerprint density at radius 3 is 2.68 bits per heavy atom. The second-order valence-corrected chi connectivity index (χ2v) is 8.93. The summed E-state index contributed by atoms with van der Waals surface area (Å²) in [5, 5.41) is 1.22. The zero-order valence-corrected chi connectivity index (χ0v) is 19.2. The molecule has 1 saturated heterocycles. The van der Waals surface area contributed by atoms with Crippen molar-refractivity contribution in [3.63, 3.8) is 0 Å². The smallest absolute Gasteiger partial charge is 0.275 e. The fourth-order valence-corrected chi connectivity index (χ4v) is 4.61. The molecule has 4 aromatic rings. The molecule has 176 valence electrons. The molecular weight excluding hydrogens is 431 g/mol. The highest BCUT2D eigenvalue weighted by molar-refractivity contribution is 5.92. The molecule has 0 bridgehead atoms. The molecule has 0 aliphatic carbocycles. The molecule has 34 heavy (non-hydrogen) atoms. The number of fused-ring (bicyclic) bond motifs is 1. The maximum absolute atomic E-state index is 13.4. The number of amides is 1. The van der Waals surface area contributed by atoms with Crippen LogP contribution in [0.1, 0.15) is 46.8 Å². The molecule has 1 fully saturated rings. The Hall–Kier alpha value is -3.45. The van der Waals surface area contributed by atoms with Gasteiger partial charge in [-0.25, -0.2) is 9.37 Å². The normalized spacial score (nSPS) is 14.2. The number of para-hydroxylation sites is 1. The molecule has 5 rings (SSSR count). The monoisotopic (exact) mass is 460 g/mol. The highest BCUT2D eigenvalue weighted by Crippen LogP contribution is 2.20. The molecule has 0 atom stereocenters. The number of benzene rings is 2. The number of halogens is 1. The van der Waals surface area contributed by atoms with E-state index in [9.17, 15) is 9.18 Å². The second kappa shape index (κ2) is 10.2. The van der Waals surface area contributed by atoms with E-state index in [-0.39, 0.29) is 11.7 Å². The van der Waals surface area contributed by atoms with Gasteiger partial charge in [-0.3, -0.25) is 9.69 Å². The lowest BCUT2D eigenvalue weighted by Gasteiger charge is -2.25. The first-order valence-electron chi connectivity index (χ1n) is 11.9. The number of hydrogen-bond donors (Lipinski definition) is 1. The van der Waals surface area contributed by atoms with Crippen molar-refractivity contribution in [3.8, 4) is 0 Å². The van der Waals surface area contributed by atoms with E-state index in [0.29, 0.717) is 24.7 Å². The van der Waals surface area contributed by atoms with Crippen LogP contribution in [-0.2, 0) is 19.5 Å². The summed E-state index contributed by atoms with van der Waals surface area (Å²) in [4.78, 5) is 24.7. The number of oxazole rings is 1. The van der Waals surface area contributed by atoms with Gasteiger partial charge in [0.2, 0.25) is 5.89 Å². The highest BCUT2D eigenvalue weighted by atomic mass is 19.1. The Morgan fingerprint density at radius 1 is 1.06 bits per heavy atom. The molecule has 0 radical (unpaired) electrons. The first kappa shape index (κ1) is 22.3. The lowest BCUT2D eigenvalue weighted by atomic mass is 10.1. The first-order valence-corrected chi connectivity index (χ1v) is 11.9. The van der Waals surface area contributed by atoms with Crippen molar-refractivity contribution in [2.45, 2.75) is 38.8 Å². The molecule has 1 N–H and O–H groups in total. The van der Waals surface area contributed by atoms with Gasteiger partial charge in [0.15, 0.2) is 5.69 Å². The molecule has 0 unspecified atom stereocenters. The predicted molar refractivity (Wildman–Crippen MR) is 129 cm³/mol. The van der Waals surface area contributed by atoms with Gasteiger partial charge in [0, 0.05) is 43.3 Å². The Bertz CT molecular complexity index is 1240. The SMILES string of the molecule is O=C(c1coc(CN(CCc2c[nH]c3ccccc23)Cc2ccc(F)cc2)n1)N1CCCCC1. The zero-order chi connectivity index (χ0) is 23.3. The number of rotatable bonds is 8. The van der Waals surface area contributed by atoms with Gasteiger partial charge in [0.25, 0.3) is 5.91 Å². The standard InChI is InChI=1S/C27H29FN4O2/c28-22-10-8-20(9-11-22)17-31(15-12-21-16-29-24-7-3-2-6-23(21)24)18-26-30-25(19-34-26)27(33)32-13-4-1-5-14-32/h2-3,6-11,16,19,29H,1,4-5,12-15,17-18H2. The van der Waals surface area contributed by atoms with Crippen molar-refractivity contribution in [1.29, 1.82) is 0 Å². The fraction of sp³-hybridized carbons (Fsp3) is 0.333. The molecule has 2 aromatic heterocycles. The lowest BCUT2D eigenvalue weighted by Crippen LogP contribution is -2.35. The van der Waals surface area contributed by atoms with Crippen molar-refractivity contribution < 1.29 is 13.6 Å². The quantitative estimate of drug-likeness (QED) is 0.394. The van der Waals surface area contributed by atoms with Gasteiger partial charge in [0.05, 0.1) is 6.54 Å². The van der Waals surface area contributed by atoms with Crippen molar-refractivity contribution in [2.75, 3.05) is 19.6 Å². The van der Waals surface area contributed by atoms with Crippen LogP contribution < -0.4 is 0 Å². The molecule has 6 nitrogen and oxygen atoms in total. The minimum Gasteiger partial charge on any atom is -0.447 e. The van der Waals surface area contributed by atoms with Crippen LogP contribution in [0, 0.1) is 5.82 Å². The average molecular weight is 461 g/mol. The molecule has 7 heteroatoms. The molecule has 0 saturated carbocycles. The molecule has 1 aliphatic heterocycles. The maximum atomic E-state index is 13.4. The second-order valence-electron chi connectivity index (χ2n) is 8.93. The third-order valence-corrected chi connectivity index (χ3v) is 6.46. The average Bonchev–Trinajstić information content (AvgIpc) is 3.51. The number of aromatic nitrogens is 2. The summed E-state index contributed by atoms with van der Waals surface area (Å²) < 4.78 is 19.1. The largest absolute Gasteiger partial charge is 0.447 e. The van der Waals surface area contributed by atoms with Gasteiger partial charge < -0.3 is 14.3 Å². The molecule has 0 spiro atoms. The molecule has 2 aromatic carbocycles. The molecule has 1 aliphatic rings. The number of nitrogens with one attached hydrogen (secondary N) is 1. The zero-order valence-electron chi connectivity index (χ0n) is 19.2. The van der Waals surface area contributed by atoms with Crippen LogP contribution in [0.4, 0.5) is 4.39 Å². The van der Waals surface area contributed by atoms with Crippen LogP contribution in [0.15, 0.2) is 65.4 Å². The molecule has 3 heterocycles. The van der Waals surface area contributed by atoms with Crippen molar-refractivity contribution >= 4 is 16.8 Å². The maximum Gasteiger partial charge on any atom is 0.275 e. The summed E-state index contributed by atoms with van der Waals surface area (Å²) in [5.41, 5.74) is 3.75. The van der Waals surface area contributed by atoms with Crippen molar-refractivity contribution in [2.24, 2.45) is 0 Å². The van der Waals surface area contributed by atoms with Crippen LogP contribution in [0.25, 0.3) is 10.9 Å². The Labute approximate surface area is 198 Å². The lowest BCUT2D eigenvalue weighted by molar-refractivity contribution is 0.0718. The van der Waals surface area contributed by atoms with E-state index in [0.717, 1.165) is 50.0 Å². The number of nitrogens with zero attached hydrogens (tertiary/aromatic N) is 3. The van der Waals surface area contributed by atoms with E-state index >= 15 is 0 Å². The van der Waals surface area contributed by atoms with Crippen LogP contribution >= 0.6 is 0 Å². The molecule has 1 amide bonds. The van der Waals surface area contributed by atoms with Gasteiger partial charge in [-0.2, -0.15) is 0 Å². The summed E-state index contributed by atoms with van der Waals surface area (Å²) in [6.07, 6.45) is 7.61. The minimum absolute atomic E-state index is 0.0569. The number of aromatic amines is 1. The highest BCUT2D eigenvalue weighted by Gasteiger charge is 2.22. The number of H-pyrrole nitrogens is 1. The Morgan fingerprint density at radius 2 is 1.85 bits per heavy atom. The number of carbonyl (C=O) groups is 1. The Balaban J connectivity index is 1.30. The first-order chi connectivity index (χ1) is 16.7. The Kier molecular flexibility index (Phi) is 6.72. The fourth-order valence-electron chi connectivity index (χ4n) is 4.61. The van der Waals surface area contributed by atoms with E-state index in [1.165, 1.54) is 35.8 Å². The van der Waals surface area contributed by atoms with Gasteiger partial charge in [0.1, 0.15) is 12.1 Å². The van der Waals surface area contributed by atoms with E-state index in [2.05, 4.69) is 33.2 Å². The van der Waals surface area contributed by atoms with Crippen LogP contribution in [0.3, 0.4) is 0 Å². The van der Waals surface area contributed by atoms with E-state index in [1.54, 1.807) is 12.1 Å². The van der Waals surface area contributed by atoms with Gasteiger partial charge in [-0.15, -0.1) is 0 Å². The van der Waals surface area contributed by atoms with Crippen molar-refractivity contribution in [1.82, 2.24) is 19.8 Å². The van der Waals surface area contributed by atoms with E-state index in [1.807, 2.05) is 17.0 Å². The summed E-state index contributed by atoms with van der Waals surface area (Å²) in [5.74, 6) is 0.211. The van der Waals surface area contributed by atoms with Gasteiger partial charge in [-0.05, 0) is 55.0 Å². The van der Waals surface area contributed by atoms with Gasteiger partial charge >= 0.3 is 0 Å². The summed E-state index contributed by atoms with van der Waals surface area (Å²) in [6, 6.07) is 14.8. The topological polar surface area (TPSA) is 65.4 Å². The van der Waals surface area contributed by atoms with Crippen LogP contribution in [0.2, 0.25) is 0 Å². The summed E-state index contributed by atoms with van der Waals surface area (Å²) >= 11 is 0. The predicted octanol–water partition coefficient (Wildman–Crippen LogP) is 5.17. The van der Waals surface area contributed by atoms with E-state index < -0.39 is 0 Å². The van der Waals surface area contributed by atoms with Gasteiger partial charge in [-0.1, -0.05) is 30.3 Å². The third-order valence-electron chi connectivity index (χ3n) is 6.46. The summed E-state index contributed by atoms with van der Waals surface area (Å²) in [6.45, 7) is 3.41. The van der Waals surface area contributed by atoms with Crippen LogP contribution in [-0.4, -0.2) is 45.3 Å². The number of hydrogen-bond acceptors (Lipinski definition) is 4. The number of likely N-dealkylation sites (tertiary alicyclic amines) is 1. The van der Waals surface area contributed by atoms with Crippen LogP contribution in [0.5, 0.6) is 0 Å². The van der Waals surface area contributed by atoms with Crippen molar-refractivity contribution in [3.05, 3.63) is 89.5 Å². The third kappa shape index (κ3) is 5.20. The number of carbonyl (C=O) groups excluding carboxylic acids is 1. The summed E-state index contributed by atoms with van der Waals surface area (Å²) in [7, 11) is 0.